The van der Waals surface area contributed by atoms with E-state index in [0.717, 1.165) is 5.56 Å². The van der Waals surface area contributed by atoms with Gasteiger partial charge in [0.2, 0.25) is 5.91 Å². The fraction of sp³-hybridized carbons (Fsp3) is 0.286. The van der Waals surface area contributed by atoms with E-state index in [-0.39, 0.29) is 36.6 Å². The lowest BCUT2D eigenvalue weighted by molar-refractivity contribution is -0.122. The minimum Gasteiger partial charge on any atom is -0.354 e. The fourth-order valence-corrected chi connectivity index (χ4v) is 1.93. The van der Waals surface area contributed by atoms with Crippen LogP contribution in [-0.4, -0.2) is 28.5 Å². The first-order valence-corrected chi connectivity index (χ1v) is 6.29. The van der Waals surface area contributed by atoms with Crippen LogP contribution in [0.5, 0.6) is 0 Å². The van der Waals surface area contributed by atoms with Crippen molar-refractivity contribution in [1.29, 1.82) is 0 Å². The molecule has 21 heavy (non-hydrogen) atoms. The van der Waals surface area contributed by atoms with Crippen LogP contribution in [0.3, 0.4) is 0 Å². The van der Waals surface area contributed by atoms with Gasteiger partial charge in [-0.15, -0.1) is 24.8 Å². The third-order valence-corrected chi connectivity index (χ3v) is 2.98. The first-order chi connectivity index (χ1) is 9.31. The third kappa shape index (κ3) is 5.75. The van der Waals surface area contributed by atoms with Gasteiger partial charge < -0.3 is 15.6 Å². The van der Waals surface area contributed by atoms with E-state index >= 15 is 0 Å². The average Bonchev–Trinajstić information content (AvgIpc) is 2.94. The Morgan fingerprint density at radius 1 is 1.29 bits per heavy atom. The lowest BCUT2D eigenvalue weighted by Crippen LogP contribution is -2.35. The number of nitrogens with zero attached hydrogens (tertiary/aromatic N) is 2. The van der Waals surface area contributed by atoms with Crippen LogP contribution in [0.15, 0.2) is 49.1 Å². The molecule has 1 atom stereocenters. The number of aromatic nitrogens is 2. The number of amides is 1. The molecular formula is C14H20Cl2N4O. The molecule has 0 saturated heterocycles. The zero-order valence-corrected chi connectivity index (χ0v) is 13.1. The van der Waals surface area contributed by atoms with E-state index in [1.54, 1.807) is 12.5 Å². The lowest BCUT2D eigenvalue weighted by Gasteiger charge is -2.15. The van der Waals surface area contributed by atoms with Gasteiger partial charge in [-0.1, -0.05) is 30.3 Å². The Kier molecular flexibility index (Phi) is 9.45. The molecule has 1 amide bonds. The number of imidazole rings is 1. The number of nitrogens with two attached hydrogens (primary N) is 1. The molecule has 0 saturated carbocycles. The van der Waals surface area contributed by atoms with Crippen molar-refractivity contribution in [3.05, 3.63) is 54.6 Å². The molecule has 0 fully saturated rings. The molecule has 3 N–H and O–H groups in total. The lowest BCUT2D eigenvalue weighted by atomic mass is 9.98. The highest BCUT2D eigenvalue weighted by atomic mass is 35.5. The van der Waals surface area contributed by atoms with Crippen LogP contribution in [0.25, 0.3) is 0 Å². The molecule has 7 heteroatoms. The monoisotopic (exact) mass is 330 g/mol. The Bertz CT molecular complexity index is 505. The van der Waals surface area contributed by atoms with Gasteiger partial charge in [0, 0.05) is 32.0 Å². The van der Waals surface area contributed by atoms with Crippen molar-refractivity contribution in [2.75, 3.05) is 13.1 Å². The predicted molar refractivity (Wildman–Crippen MR) is 88.0 cm³/mol. The second kappa shape index (κ2) is 10.2. The van der Waals surface area contributed by atoms with Gasteiger partial charge in [0.05, 0.1) is 12.2 Å². The number of carbonyl (C=O) groups is 1. The van der Waals surface area contributed by atoms with Crippen molar-refractivity contribution in [2.24, 2.45) is 5.73 Å². The van der Waals surface area contributed by atoms with Gasteiger partial charge in [-0.05, 0) is 5.56 Å². The van der Waals surface area contributed by atoms with E-state index < -0.39 is 0 Å². The molecule has 0 spiro atoms. The van der Waals surface area contributed by atoms with Crippen molar-refractivity contribution in [3.63, 3.8) is 0 Å². The fourth-order valence-electron chi connectivity index (χ4n) is 1.93. The first-order valence-electron chi connectivity index (χ1n) is 6.29. The van der Waals surface area contributed by atoms with Crippen LogP contribution in [0, 0.1) is 0 Å². The largest absolute Gasteiger partial charge is 0.354 e. The maximum absolute atomic E-state index is 12.1. The Morgan fingerprint density at radius 3 is 2.57 bits per heavy atom. The zero-order valence-electron chi connectivity index (χ0n) is 11.5. The summed E-state index contributed by atoms with van der Waals surface area (Å²) >= 11 is 0. The van der Waals surface area contributed by atoms with Gasteiger partial charge in [0.1, 0.15) is 0 Å². The quantitative estimate of drug-likeness (QED) is 0.844. The SMILES string of the molecule is Cl.Cl.NCC(C(=O)NCCn1ccnc1)c1ccccc1. The van der Waals surface area contributed by atoms with E-state index in [4.69, 9.17) is 5.73 Å². The maximum atomic E-state index is 12.1. The summed E-state index contributed by atoms with van der Waals surface area (Å²) in [5, 5.41) is 2.90. The maximum Gasteiger partial charge on any atom is 0.228 e. The van der Waals surface area contributed by atoms with E-state index in [1.807, 2.05) is 41.1 Å². The molecule has 2 rings (SSSR count). The summed E-state index contributed by atoms with van der Waals surface area (Å²) in [4.78, 5) is 16.0. The molecule has 1 aromatic heterocycles. The van der Waals surface area contributed by atoms with E-state index in [9.17, 15) is 4.79 Å². The molecule has 0 aliphatic carbocycles. The zero-order chi connectivity index (χ0) is 13.5. The molecule has 0 radical (unpaired) electrons. The standard InChI is InChI=1S/C14H18N4O.2ClH/c15-10-13(12-4-2-1-3-5-12)14(19)17-7-9-18-8-6-16-11-18;;/h1-6,8,11,13H,7,9-10,15H2,(H,17,19);2*1H. The highest BCUT2D eigenvalue weighted by Gasteiger charge is 2.17. The molecule has 0 aliphatic rings. The van der Waals surface area contributed by atoms with Crippen LogP contribution < -0.4 is 11.1 Å². The van der Waals surface area contributed by atoms with Gasteiger partial charge in [-0.25, -0.2) is 4.98 Å². The first kappa shape index (κ1) is 19.4. The van der Waals surface area contributed by atoms with Crippen LogP contribution in [0.2, 0.25) is 0 Å². The van der Waals surface area contributed by atoms with E-state index in [2.05, 4.69) is 10.3 Å². The number of benzene rings is 1. The number of nitrogens with one attached hydrogen (secondary N) is 1. The van der Waals surface area contributed by atoms with Crippen LogP contribution >= 0.6 is 24.8 Å². The number of hydrogen-bond donors (Lipinski definition) is 2. The van der Waals surface area contributed by atoms with Crippen molar-refractivity contribution in [1.82, 2.24) is 14.9 Å². The van der Waals surface area contributed by atoms with Crippen molar-refractivity contribution < 1.29 is 4.79 Å². The smallest absolute Gasteiger partial charge is 0.228 e. The molecule has 116 valence electrons. The summed E-state index contributed by atoms with van der Waals surface area (Å²) < 4.78 is 1.92. The highest BCUT2D eigenvalue weighted by molar-refractivity contribution is 5.85. The summed E-state index contributed by atoms with van der Waals surface area (Å²) in [6.45, 7) is 1.58. The van der Waals surface area contributed by atoms with Crippen molar-refractivity contribution in [2.45, 2.75) is 12.5 Å². The van der Waals surface area contributed by atoms with Gasteiger partial charge in [0.25, 0.3) is 0 Å². The van der Waals surface area contributed by atoms with E-state index in [1.165, 1.54) is 0 Å². The Hall–Kier alpha value is -1.56. The molecule has 5 nitrogen and oxygen atoms in total. The normalized spacial score (nSPS) is 10.9. The number of carbonyl (C=O) groups excluding carboxylic acids is 1. The second-order valence-corrected chi connectivity index (χ2v) is 4.29. The summed E-state index contributed by atoms with van der Waals surface area (Å²) in [5.74, 6) is -0.321. The van der Waals surface area contributed by atoms with Crippen LogP contribution in [0.4, 0.5) is 0 Å². The molecular weight excluding hydrogens is 311 g/mol. The van der Waals surface area contributed by atoms with Crippen LogP contribution in [-0.2, 0) is 11.3 Å². The number of rotatable bonds is 6. The molecule has 0 bridgehead atoms. The average molecular weight is 331 g/mol. The van der Waals surface area contributed by atoms with Gasteiger partial charge in [0.15, 0.2) is 0 Å². The third-order valence-electron chi connectivity index (χ3n) is 2.98. The molecule has 1 unspecified atom stereocenters. The minimum absolute atomic E-state index is 0. The van der Waals surface area contributed by atoms with Crippen LogP contribution in [0.1, 0.15) is 11.5 Å². The molecule has 2 aromatic rings. The molecule has 1 heterocycles. The van der Waals surface area contributed by atoms with Gasteiger partial charge in [-0.2, -0.15) is 0 Å². The summed E-state index contributed by atoms with van der Waals surface area (Å²) in [6, 6.07) is 9.60. The van der Waals surface area contributed by atoms with Gasteiger partial charge >= 0.3 is 0 Å². The van der Waals surface area contributed by atoms with Crippen molar-refractivity contribution >= 4 is 30.7 Å². The van der Waals surface area contributed by atoms with E-state index in [0.29, 0.717) is 19.6 Å². The van der Waals surface area contributed by atoms with Gasteiger partial charge in [-0.3, -0.25) is 4.79 Å². The summed E-state index contributed by atoms with van der Waals surface area (Å²) in [5.41, 5.74) is 6.65. The topological polar surface area (TPSA) is 72.9 Å². The summed E-state index contributed by atoms with van der Waals surface area (Å²) in [7, 11) is 0. The number of halogens is 2. The molecule has 0 aliphatic heterocycles. The number of hydrogen-bond acceptors (Lipinski definition) is 3. The predicted octanol–water partition coefficient (Wildman–Crippen LogP) is 1.59. The Morgan fingerprint density at radius 2 is 2.00 bits per heavy atom. The Balaban J connectivity index is 0.00000200. The second-order valence-electron chi connectivity index (χ2n) is 4.29. The minimum atomic E-state index is -0.288. The Labute approximate surface area is 136 Å². The van der Waals surface area contributed by atoms with Crippen molar-refractivity contribution in [3.8, 4) is 0 Å². The molecule has 1 aromatic carbocycles. The highest BCUT2D eigenvalue weighted by Crippen LogP contribution is 2.13. The summed E-state index contributed by atoms with van der Waals surface area (Å²) in [6.07, 6.45) is 5.31.